The molecule has 0 aliphatic heterocycles. The summed E-state index contributed by atoms with van der Waals surface area (Å²) in [4.78, 5) is 0. The van der Waals surface area contributed by atoms with Gasteiger partial charge in [0.2, 0.25) is 10.4 Å². The van der Waals surface area contributed by atoms with Gasteiger partial charge in [-0.2, -0.15) is 0 Å². The molecular weight excluding hydrogens is 182 g/mol. The number of hydrogen-bond donors (Lipinski definition) is 0. The van der Waals surface area contributed by atoms with Gasteiger partial charge in [-0.15, -0.1) is 0 Å². The second-order valence-corrected chi connectivity index (χ2v) is 2.52. The Bertz CT molecular complexity index is 143. The average molecular weight is 184 g/mol. The van der Waals surface area contributed by atoms with Crippen molar-refractivity contribution in [2.24, 2.45) is 0 Å². The van der Waals surface area contributed by atoms with Crippen LogP contribution in [-0.2, 0) is 14.0 Å². The maximum Gasteiger partial charge on any atom is 1.00 e. The smallest absolute Gasteiger partial charge is 0.725 e. The Labute approximate surface area is 78.6 Å². The third-order valence-corrected chi connectivity index (χ3v) is 1.32. The van der Waals surface area contributed by atoms with E-state index in [4.69, 9.17) is 0 Å². The molecule has 8 heteroatoms. The van der Waals surface area contributed by atoms with Crippen LogP contribution in [-0.4, -0.2) is 19.0 Å². The maximum absolute atomic E-state index is 11.0. The van der Waals surface area contributed by atoms with E-state index in [1.807, 2.05) is 0 Å². The van der Waals surface area contributed by atoms with E-state index in [-0.39, 0.29) is 41.6 Å². The molecule has 0 unspecified atom stereocenters. The van der Waals surface area contributed by atoms with E-state index in [2.05, 4.69) is 3.63 Å². The van der Waals surface area contributed by atoms with Gasteiger partial charge >= 0.3 is 29.6 Å². The predicted molar refractivity (Wildman–Crippen MR) is 24.3 cm³/mol. The zero-order valence-corrected chi connectivity index (χ0v) is 8.17. The third kappa shape index (κ3) is 12.4. The van der Waals surface area contributed by atoms with Crippen molar-refractivity contribution in [2.45, 2.75) is 0 Å². The molecule has 0 atom stereocenters. The summed E-state index contributed by atoms with van der Waals surface area (Å²) >= 11 is -0.0521. The van der Waals surface area contributed by atoms with Crippen LogP contribution in [0, 0.1) is 0 Å². The Morgan fingerprint density at radius 2 is 2.11 bits per heavy atom. The molecule has 0 spiro atoms. The van der Waals surface area contributed by atoms with E-state index < -0.39 is 16.4 Å². The molecule has 0 aliphatic rings. The molecule has 0 aromatic heterocycles. The largest absolute Gasteiger partial charge is 1.00 e. The molecule has 0 rings (SSSR count). The van der Waals surface area contributed by atoms with E-state index in [1.165, 1.54) is 0 Å². The third-order valence-electron chi connectivity index (χ3n) is 0.176. The van der Waals surface area contributed by atoms with Gasteiger partial charge in [-0.3, -0.25) is 0 Å². The quantitative estimate of drug-likeness (QED) is 0.203. The van der Waals surface area contributed by atoms with Crippen molar-refractivity contribution in [1.82, 2.24) is 0 Å². The van der Waals surface area contributed by atoms with Gasteiger partial charge in [-0.1, -0.05) is 0 Å². The van der Waals surface area contributed by atoms with Crippen molar-refractivity contribution in [2.75, 3.05) is 6.01 Å². The fourth-order valence-electron chi connectivity index (χ4n) is 0.0771. The summed E-state index contributed by atoms with van der Waals surface area (Å²) in [5.74, 6) is 0. The fraction of sp³-hybridized carbons (Fsp3) is 1.00. The molecule has 0 aromatic rings. The Kier molecular flexibility index (Phi) is 8.39. The second-order valence-electron chi connectivity index (χ2n) is 0.703. The van der Waals surface area contributed by atoms with Gasteiger partial charge in [-0.25, -0.2) is 16.4 Å². The van der Waals surface area contributed by atoms with Crippen LogP contribution in [0.4, 0.5) is 4.39 Å². The Balaban J connectivity index is 0. The Hall–Kier alpha value is 1.15. The van der Waals surface area contributed by atoms with Crippen molar-refractivity contribution >= 4 is 22.4 Å². The van der Waals surface area contributed by atoms with Gasteiger partial charge in [0.15, 0.2) is 6.01 Å². The van der Waals surface area contributed by atoms with Gasteiger partial charge < -0.3 is 4.55 Å². The molecule has 50 valence electrons. The summed E-state index contributed by atoms with van der Waals surface area (Å²) in [5.41, 5.74) is 0. The van der Waals surface area contributed by atoms with E-state index in [9.17, 15) is 17.4 Å². The van der Waals surface area contributed by atoms with Gasteiger partial charge in [-0.05, 0) is 0 Å². The van der Waals surface area contributed by atoms with Crippen LogP contribution in [0.2, 0.25) is 0 Å². The molecule has 0 aromatic carbocycles. The first-order valence-electron chi connectivity index (χ1n) is 1.39. The summed E-state index contributed by atoms with van der Waals surface area (Å²) < 4.78 is 42.6. The average Bonchev–Trinajstić information content (AvgIpc) is 1.59. The first-order valence-corrected chi connectivity index (χ1v) is 3.63. The molecule has 4 nitrogen and oxygen atoms in total. The van der Waals surface area contributed by atoms with E-state index >= 15 is 0 Å². The Morgan fingerprint density at radius 3 is 2.22 bits per heavy atom. The van der Waals surface area contributed by atoms with Gasteiger partial charge in [0, 0.05) is 12.0 Å². The first-order chi connectivity index (χ1) is 3.56. The van der Waals surface area contributed by atoms with Crippen LogP contribution in [0.1, 0.15) is 0 Å². The zero-order valence-electron chi connectivity index (χ0n) is 4.53. The summed E-state index contributed by atoms with van der Waals surface area (Å²) in [6.45, 7) is 0. The maximum atomic E-state index is 11.0. The predicted octanol–water partition coefficient (Wildman–Crippen LogP) is -2.96. The van der Waals surface area contributed by atoms with Crippen molar-refractivity contribution < 1.29 is 50.5 Å². The van der Waals surface area contributed by atoms with Crippen LogP contribution in [0.5, 0.6) is 0 Å². The van der Waals surface area contributed by atoms with Crippen molar-refractivity contribution in [3.63, 3.8) is 0 Å². The van der Waals surface area contributed by atoms with E-state index in [0.29, 0.717) is 0 Å². The summed E-state index contributed by atoms with van der Waals surface area (Å²) in [6, 6.07) is -1.05. The number of rotatable bonds is 3. The van der Waals surface area contributed by atoms with Gasteiger partial charge in [0.25, 0.3) is 0 Å². The summed E-state index contributed by atoms with van der Waals surface area (Å²) in [7, 11) is -4.71. The van der Waals surface area contributed by atoms with Crippen LogP contribution in [0.15, 0.2) is 0 Å². The molecule has 0 fully saturated rings. The topological polar surface area (TPSA) is 66.4 Å². The standard InChI is InChI=1S/CH3FO4S2.Na/c2-1-7-6-8(3,4)5;/h1H2,(H,3,4,5);/q;+1/p-1. The normalized spacial score (nSPS) is 10.4. The second kappa shape index (κ2) is 5.90. The summed E-state index contributed by atoms with van der Waals surface area (Å²) in [5, 5.41) is 0. The molecule has 0 bridgehead atoms. The van der Waals surface area contributed by atoms with Crippen molar-refractivity contribution in [1.29, 1.82) is 0 Å². The fourth-order valence-corrected chi connectivity index (χ4v) is 0.694. The van der Waals surface area contributed by atoms with Crippen LogP contribution >= 0.6 is 12.0 Å². The van der Waals surface area contributed by atoms with E-state index in [1.54, 1.807) is 0 Å². The van der Waals surface area contributed by atoms with Crippen molar-refractivity contribution in [3.05, 3.63) is 0 Å². The zero-order chi connectivity index (χ0) is 6.62. The number of hydrogen-bond acceptors (Lipinski definition) is 5. The number of halogens is 1. The first kappa shape index (κ1) is 12.8. The molecule has 0 N–H and O–H groups in total. The molecule has 0 radical (unpaired) electrons. The molecular formula is CH2FNaO4S2. The van der Waals surface area contributed by atoms with E-state index in [0.717, 1.165) is 0 Å². The summed E-state index contributed by atoms with van der Waals surface area (Å²) in [6.07, 6.45) is 0. The SMILES string of the molecule is O=S(=O)([O-])OSCF.[Na+]. The molecule has 0 heterocycles. The number of alkyl halides is 1. The minimum absolute atomic E-state index is 0. The van der Waals surface area contributed by atoms with Gasteiger partial charge in [0.1, 0.15) is 0 Å². The minimum atomic E-state index is -4.71. The molecule has 0 aliphatic carbocycles. The van der Waals surface area contributed by atoms with Crippen molar-refractivity contribution in [3.8, 4) is 0 Å². The van der Waals surface area contributed by atoms with Crippen LogP contribution in [0.25, 0.3) is 0 Å². The van der Waals surface area contributed by atoms with Crippen LogP contribution in [0.3, 0.4) is 0 Å². The monoisotopic (exact) mass is 184 g/mol. The van der Waals surface area contributed by atoms with Crippen LogP contribution < -0.4 is 29.6 Å². The molecule has 0 amide bonds. The molecule has 0 saturated carbocycles. The van der Waals surface area contributed by atoms with Gasteiger partial charge in [0.05, 0.1) is 0 Å². The molecule has 0 saturated heterocycles. The minimum Gasteiger partial charge on any atom is -0.725 e. The molecule has 9 heavy (non-hydrogen) atoms. The Morgan fingerprint density at radius 1 is 1.67 bits per heavy atom.